The first kappa shape index (κ1) is 18.4. The molecule has 0 saturated heterocycles. The summed E-state index contributed by atoms with van der Waals surface area (Å²) in [5.74, 6) is 0.449. The van der Waals surface area contributed by atoms with Crippen molar-refractivity contribution in [2.24, 2.45) is 15.6 Å². The Bertz CT molecular complexity index is 751. The quantitative estimate of drug-likeness (QED) is 0.576. The van der Waals surface area contributed by atoms with Crippen molar-refractivity contribution >= 4 is 40.4 Å². The predicted molar refractivity (Wildman–Crippen MR) is 97.0 cm³/mol. The van der Waals surface area contributed by atoms with Gasteiger partial charge in [0.2, 0.25) is 0 Å². The number of nitrogens with zero attached hydrogens (tertiary/aromatic N) is 2. The summed E-state index contributed by atoms with van der Waals surface area (Å²) in [7, 11) is 0. The van der Waals surface area contributed by atoms with E-state index in [0.717, 1.165) is 0 Å². The fourth-order valence-electron chi connectivity index (χ4n) is 1.65. The largest absolute Gasteiger partial charge is 0.484 e. The number of Topliss-reactive ketones (excluding diaryl/α,β-unsaturated/α-hetero) is 1. The van der Waals surface area contributed by atoms with Crippen molar-refractivity contribution in [2.75, 3.05) is 6.61 Å². The van der Waals surface area contributed by atoms with E-state index >= 15 is 0 Å². The Morgan fingerprint density at radius 3 is 2.17 bits per heavy atom. The molecule has 2 rings (SSSR count). The van der Waals surface area contributed by atoms with Crippen molar-refractivity contribution in [3.05, 3.63) is 52.5 Å². The van der Waals surface area contributed by atoms with Crippen LogP contribution in [-0.4, -0.2) is 12.4 Å². The van der Waals surface area contributed by atoms with Crippen LogP contribution in [0.5, 0.6) is 5.75 Å². The predicted octanol–water partition coefficient (Wildman–Crippen LogP) is 6.40. The number of rotatable bonds is 5. The van der Waals surface area contributed by atoms with E-state index in [1.165, 1.54) is 0 Å². The molecule has 0 amide bonds. The second-order valence-corrected chi connectivity index (χ2v) is 7.10. The molecule has 0 unspecified atom stereocenters. The number of carbonyl (C=O) groups is 1. The minimum Gasteiger partial charge on any atom is -0.484 e. The van der Waals surface area contributed by atoms with E-state index in [-0.39, 0.29) is 12.4 Å². The Labute approximate surface area is 151 Å². The third-order valence-electron chi connectivity index (χ3n) is 3.22. The van der Waals surface area contributed by atoms with Gasteiger partial charge in [-0.25, -0.2) is 0 Å². The van der Waals surface area contributed by atoms with Gasteiger partial charge in [-0.15, -0.1) is 0 Å². The number of benzene rings is 2. The second kappa shape index (κ2) is 7.77. The molecule has 2 aromatic rings. The lowest BCUT2D eigenvalue weighted by atomic mass is 9.91. The van der Waals surface area contributed by atoms with E-state index in [9.17, 15) is 4.79 Å². The molecule has 2 aromatic carbocycles. The van der Waals surface area contributed by atoms with Crippen LogP contribution in [-0.2, 0) is 4.79 Å². The minimum absolute atomic E-state index is 0.00469. The fourth-order valence-corrected chi connectivity index (χ4v) is 2.01. The van der Waals surface area contributed by atoms with E-state index in [2.05, 4.69) is 10.2 Å². The molecule has 0 fully saturated rings. The highest BCUT2D eigenvalue weighted by Gasteiger charge is 2.21. The Hall–Kier alpha value is -1.91. The maximum atomic E-state index is 11.9. The van der Waals surface area contributed by atoms with Crippen molar-refractivity contribution in [1.82, 2.24) is 0 Å². The Balaban J connectivity index is 2.04. The van der Waals surface area contributed by atoms with Crippen molar-refractivity contribution < 1.29 is 9.53 Å². The first-order valence-electron chi connectivity index (χ1n) is 7.39. The Morgan fingerprint density at radius 1 is 1.00 bits per heavy atom. The highest BCUT2D eigenvalue weighted by atomic mass is 35.5. The molecule has 6 heteroatoms. The summed E-state index contributed by atoms with van der Waals surface area (Å²) in [6.07, 6.45) is 0. The van der Waals surface area contributed by atoms with E-state index in [1.807, 2.05) is 20.8 Å². The van der Waals surface area contributed by atoms with E-state index in [1.54, 1.807) is 42.5 Å². The lowest BCUT2D eigenvalue weighted by Gasteiger charge is -2.17. The first-order chi connectivity index (χ1) is 11.3. The maximum absolute atomic E-state index is 11.9. The lowest BCUT2D eigenvalue weighted by Crippen LogP contribution is -2.26. The number of ether oxygens (including phenoxy) is 1. The molecule has 0 N–H and O–H groups in total. The highest BCUT2D eigenvalue weighted by molar-refractivity contribution is 6.32. The number of azo groups is 1. The molecule has 0 spiro atoms. The van der Waals surface area contributed by atoms with Crippen LogP contribution in [0.15, 0.2) is 52.7 Å². The number of ketones is 1. The van der Waals surface area contributed by atoms with Crippen molar-refractivity contribution in [3.8, 4) is 5.75 Å². The van der Waals surface area contributed by atoms with Crippen LogP contribution >= 0.6 is 23.2 Å². The van der Waals surface area contributed by atoms with Crippen LogP contribution in [0.4, 0.5) is 11.4 Å². The third kappa shape index (κ3) is 5.32. The van der Waals surface area contributed by atoms with Gasteiger partial charge in [0.05, 0.1) is 16.4 Å². The van der Waals surface area contributed by atoms with Crippen LogP contribution in [0, 0.1) is 5.41 Å². The summed E-state index contributed by atoms with van der Waals surface area (Å²) in [6, 6.07) is 12.1. The maximum Gasteiger partial charge on any atom is 0.175 e. The summed E-state index contributed by atoms with van der Waals surface area (Å²) in [5.41, 5.74) is 0.829. The molecule has 0 aliphatic carbocycles. The Morgan fingerprint density at radius 2 is 1.58 bits per heavy atom. The molecule has 0 heterocycles. The number of halogens is 2. The van der Waals surface area contributed by atoms with Gasteiger partial charge < -0.3 is 4.74 Å². The first-order valence-corrected chi connectivity index (χ1v) is 8.14. The van der Waals surface area contributed by atoms with Crippen molar-refractivity contribution in [1.29, 1.82) is 0 Å². The molecular formula is C18H18Cl2N2O2. The van der Waals surface area contributed by atoms with Gasteiger partial charge in [-0.05, 0) is 42.5 Å². The molecule has 4 nitrogen and oxygen atoms in total. The van der Waals surface area contributed by atoms with Crippen LogP contribution in [0.2, 0.25) is 10.0 Å². The zero-order valence-corrected chi connectivity index (χ0v) is 15.2. The van der Waals surface area contributed by atoms with Gasteiger partial charge in [-0.2, -0.15) is 10.2 Å². The van der Waals surface area contributed by atoms with Gasteiger partial charge in [0, 0.05) is 10.4 Å². The monoisotopic (exact) mass is 364 g/mol. The molecule has 126 valence electrons. The van der Waals surface area contributed by atoms with E-state index < -0.39 is 5.41 Å². The highest BCUT2D eigenvalue weighted by Crippen LogP contribution is 2.30. The second-order valence-electron chi connectivity index (χ2n) is 6.25. The van der Waals surface area contributed by atoms with E-state index in [0.29, 0.717) is 27.2 Å². The number of hydrogen-bond donors (Lipinski definition) is 0. The SMILES string of the molecule is CC(C)(C)C(=O)COc1ccc(N=Nc2ccc(Cl)cc2)cc1Cl. The minimum atomic E-state index is -0.445. The van der Waals surface area contributed by atoms with Crippen LogP contribution in [0.3, 0.4) is 0 Å². The third-order valence-corrected chi connectivity index (χ3v) is 3.77. The van der Waals surface area contributed by atoms with Gasteiger partial charge in [0.15, 0.2) is 5.78 Å². The molecule has 0 aliphatic heterocycles. The molecule has 0 saturated carbocycles. The smallest absolute Gasteiger partial charge is 0.175 e. The summed E-state index contributed by atoms with van der Waals surface area (Å²) in [4.78, 5) is 11.9. The zero-order valence-electron chi connectivity index (χ0n) is 13.7. The molecular weight excluding hydrogens is 347 g/mol. The van der Waals surface area contributed by atoms with Crippen LogP contribution in [0.1, 0.15) is 20.8 Å². The molecule has 0 aromatic heterocycles. The van der Waals surface area contributed by atoms with Crippen molar-refractivity contribution in [3.63, 3.8) is 0 Å². The summed E-state index contributed by atoms with van der Waals surface area (Å²) < 4.78 is 5.49. The number of hydrogen-bond acceptors (Lipinski definition) is 4. The van der Waals surface area contributed by atoms with Gasteiger partial charge in [-0.3, -0.25) is 4.79 Å². The molecule has 0 radical (unpaired) electrons. The average Bonchev–Trinajstić information content (AvgIpc) is 2.52. The molecule has 0 bridgehead atoms. The Kier molecular flexibility index (Phi) is 5.97. The summed E-state index contributed by atoms with van der Waals surface area (Å²) in [6.45, 7) is 5.52. The topological polar surface area (TPSA) is 51.0 Å². The molecule has 0 atom stereocenters. The zero-order chi connectivity index (χ0) is 17.7. The number of carbonyl (C=O) groups excluding carboxylic acids is 1. The normalized spacial score (nSPS) is 11.7. The molecule has 24 heavy (non-hydrogen) atoms. The summed E-state index contributed by atoms with van der Waals surface area (Å²) >= 11 is 12.0. The van der Waals surface area contributed by atoms with Crippen LogP contribution in [0.25, 0.3) is 0 Å². The fraction of sp³-hybridized carbons (Fsp3) is 0.278. The molecule has 0 aliphatic rings. The standard InChI is InChI=1S/C18H18Cl2N2O2/c1-18(2,3)17(23)11-24-16-9-8-14(10-15(16)20)22-21-13-6-4-12(19)5-7-13/h4-10H,11H2,1-3H3. The van der Waals surface area contributed by atoms with Crippen LogP contribution < -0.4 is 4.74 Å². The van der Waals surface area contributed by atoms with Gasteiger partial charge in [-0.1, -0.05) is 44.0 Å². The van der Waals surface area contributed by atoms with E-state index in [4.69, 9.17) is 27.9 Å². The average molecular weight is 365 g/mol. The van der Waals surface area contributed by atoms with Gasteiger partial charge >= 0.3 is 0 Å². The van der Waals surface area contributed by atoms with Gasteiger partial charge in [0.1, 0.15) is 12.4 Å². The summed E-state index contributed by atoms with van der Waals surface area (Å²) in [5, 5.41) is 9.25. The van der Waals surface area contributed by atoms with Crippen molar-refractivity contribution in [2.45, 2.75) is 20.8 Å². The van der Waals surface area contributed by atoms with Gasteiger partial charge in [0.25, 0.3) is 0 Å². The lowest BCUT2D eigenvalue weighted by molar-refractivity contribution is -0.128.